The zero-order chi connectivity index (χ0) is 12.0. The average molecular weight is 216 g/mol. The molecule has 0 spiro atoms. The van der Waals surface area contributed by atoms with Gasteiger partial charge in [0.1, 0.15) is 0 Å². The molecule has 88 valence electrons. The highest BCUT2D eigenvalue weighted by molar-refractivity contribution is 5.37. The zero-order valence-electron chi connectivity index (χ0n) is 11.3. The Hall–Kier alpha value is -0.780. The Morgan fingerprint density at radius 1 is 1.06 bits per heavy atom. The first-order valence-corrected chi connectivity index (χ1v) is 6.32. The molecule has 1 aliphatic carbocycles. The first kappa shape index (κ1) is 11.7. The number of benzene rings is 1. The maximum Gasteiger partial charge on any atom is 0.00148 e. The summed E-state index contributed by atoms with van der Waals surface area (Å²) in [5, 5.41) is 0. The van der Waals surface area contributed by atoms with Gasteiger partial charge in [-0.15, -0.1) is 0 Å². The van der Waals surface area contributed by atoms with Gasteiger partial charge in [-0.3, -0.25) is 0 Å². The van der Waals surface area contributed by atoms with Crippen LogP contribution in [0, 0.1) is 10.8 Å². The molecule has 0 aliphatic heterocycles. The predicted octanol–water partition coefficient (Wildman–Crippen LogP) is 4.79. The molecular weight excluding hydrogens is 192 g/mol. The lowest BCUT2D eigenvalue weighted by Crippen LogP contribution is -2.22. The SMILES string of the molecule is CC(C)(C)CC1(c2ccccc2)CC1(C)C. The van der Waals surface area contributed by atoms with Crippen molar-refractivity contribution in [3.05, 3.63) is 35.9 Å². The van der Waals surface area contributed by atoms with Crippen LogP contribution < -0.4 is 0 Å². The molecule has 1 unspecified atom stereocenters. The van der Waals surface area contributed by atoms with Crippen molar-refractivity contribution in [2.24, 2.45) is 10.8 Å². The third kappa shape index (κ3) is 1.90. The highest BCUT2D eigenvalue weighted by Gasteiger charge is 2.62. The summed E-state index contributed by atoms with van der Waals surface area (Å²) in [6, 6.07) is 11.1. The molecule has 0 nitrogen and oxygen atoms in total. The van der Waals surface area contributed by atoms with Crippen LogP contribution in [0.5, 0.6) is 0 Å². The van der Waals surface area contributed by atoms with E-state index >= 15 is 0 Å². The van der Waals surface area contributed by atoms with Crippen LogP contribution in [0.25, 0.3) is 0 Å². The van der Waals surface area contributed by atoms with Crippen molar-refractivity contribution in [2.45, 2.75) is 52.9 Å². The van der Waals surface area contributed by atoms with Crippen LogP contribution in [0.15, 0.2) is 30.3 Å². The monoisotopic (exact) mass is 216 g/mol. The van der Waals surface area contributed by atoms with Crippen LogP contribution in [0.1, 0.15) is 53.0 Å². The van der Waals surface area contributed by atoms with Crippen LogP contribution in [0.3, 0.4) is 0 Å². The van der Waals surface area contributed by atoms with Gasteiger partial charge in [0.25, 0.3) is 0 Å². The summed E-state index contributed by atoms with van der Waals surface area (Å²) in [4.78, 5) is 0. The summed E-state index contributed by atoms with van der Waals surface area (Å²) in [6.45, 7) is 11.9. The smallest absolute Gasteiger partial charge is 0.00148 e. The predicted molar refractivity (Wildman–Crippen MR) is 70.6 cm³/mol. The molecule has 2 rings (SSSR count). The lowest BCUT2D eigenvalue weighted by Gasteiger charge is -2.29. The van der Waals surface area contributed by atoms with E-state index in [2.05, 4.69) is 65.0 Å². The quantitative estimate of drug-likeness (QED) is 0.666. The van der Waals surface area contributed by atoms with Crippen LogP contribution in [-0.2, 0) is 5.41 Å². The fourth-order valence-corrected chi connectivity index (χ4v) is 3.27. The van der Waals surface area contributed by atoms with E-state index in [0.29, 0.717) is 16.2 Å². The Labute approximate surface area is 100 Å². The third-order valence-corrected chi connectivity index (χ3v) is 4.07. The van der Waals surface area contributed by atoms with Gasteiger partial charge in [-0.2, -0.15) is 0 Å². The molecule has 0 saturated heterocycles. The third-order valence-electron chi connectivity index (χ3n) is 4.07. The summed E-state index contributed by atoms with van der Waals surface area (Å²) in [7, 11) is 0. The molecule has 0 N–H and O–H groups in total. The molecule has 1 fully saturated rings. The molecule has 1 saturated carbocycles. The molecule has 0 bridgehead atoms. The maximum absolute atomic E-state index is 2.41. The molecule has 0 radical (unpaired) electrons. The topological polar surface area (TPSA) is 0 Å². The Morgan fingerprint density at radius 2 is 1.56 bits per heavy atom. The van der Waals surface area contributed by atoms with E-state index in [0.717, 1.165) is 0 Å². The van der Waals surface area contributed by atoms with Gasteiger partial charge in [-0.25, -0.2) is 0 Å². The van der Waals surface area contributed by atoms with Gasteiger partial charge < -0.3 is 0 Å². The van der Waals surface area contributed by atoms with Gasteiger partial charge >= 0.3 is 0 Å². The highest BCUT2D eigenvalue weighted by Crippen LogP contribution is 2.68. The van der Waals surface area contributed by atoms with E-state index in [1.807, 2.05) is 0 Å². The molecule has 0 heteroatoms. The highest BCUT2D eigenvalue weighted by atomic mass is 14.7. The molecule has 1 atom stereocenters. The first-order chi connectivity index (χ1) is 7.27. The second-order valence-corrected chi connectivity index (χ2v) is 7.25. The lowest BCUT2D eigenvalue weighted by molar-refractivity contribution is 0.296. The van der Waals surface area contributed by atoms with E-state index < -0.39 is 0 Å². The second-order valence-electron chi connectivity index (χ2n) is 7.25. The van der Waals surface area contributed by atoms with E-state index in [1.165, 1.54) is 18.4 Å². The second kappa shape index (κ2) is 3.35. The molecular formula is C16H24. The molecule has 1 aromatic rings. The molecule has 0 amide bonds. The van der Waals surface area contributed by atoms with Gasteiger partial charge in [0.15, 0.2) is 0 Å². The Kier molecular flexibility index (Phi) is 2.45. The van der Waals surface area contributed by atoms with Crippen molar-refractivity contribution in [1.82, 2.24) is 0 Å². The number of hydrogen-bond acceptors (Lipinski definition) is 0. The van der Waals surface area contributed by atoms with Crippen LogP contribution in [0.2, 0.25) is 0 Å². The minimum absolute atomic E-state index is 0.406. The van der Waals surface area contributed by atoms with Gasteiger partial charge in [0, 0.05) is 5.41 Å². The minimum atomic E-state index is 0.406. The molecule has 1 aromatic carbocycles. The molecule has 1 aliphatic rings. The van der Waals surface area contributed by atoms with E-state index in [-0.39, 0.29) is 0 Å². The summed E-state index contributed by atoms with van der Waals surface area (Å²) < 4.78 is 0. The van der Waals surface area contributed by atoms with Crippen molar-refractivity contribution in [2.75, 3.05) is 0 Å². The van der Waals surface area contributed by atoms with E-state index in [9.17, 15) is 0 Å². The summed E-state index contributed by atoms with van der Waals surface area (Å²) in [5.41, 5.74) is 2.84. The van der Waals surface area contributed by atoms with Crippen LogP contribution in [0.4, 0.5) is 0 Å². The van der Waals surface area contributed by atoms with Crippen LogP contribution >= 0.6 is 0 Å². The standard InChI is InChI=1S/C16H24/c1-14(2,3)11-16(12-15(16,4)5)13-9-7-6-8-10-13/h6-10H,11-12H2,1-5H3. The Balaban J connectivity index is 2.33. The van der Waals surface area contributed by atoms with Crippen molar-refractivity contribution in [3.8, 4) is 0 Å². The minimum Gasteiger partial charge on any atom is -0.0622 e. The molecule has 0 heterocycles. The molecule has 16 heavy (non-hydrogen) atoms. The van der Waals surface area contributed by atoms with Gasteiger partial charge in [-0.1, -0.05) is 65.0 Å². The van der Waals surface area contributed by atoms with Crippen molar-refractivity contribution < 1.29 is 0 Å². The number of hydrogen-bond donors (Lipinski definition) is 0. The van der Waals surface area contributed by atoms with Gasteiger partial charge in [-0.05, 0) is 29.2 Å². The summed E-state index contributed by atoms with van der Waals surface area (Å²) in [5.74, 6) is 0. The van der Waals surface area contributed by atoms with Crippen molar-refractivity contribution in [1.29, 1.82) is 0 Å². The van der Waals surface area contributed by atoms with Gasteiger partial charge in [0.05, 0.1) is 0 Å². The number of rotatable bonds is 2. The largest absolute Gasteiger partial charge is 0.0622 e. The van der Waals surface area contributed by atoms with E-state index in [4.69, 9.17) is 0 Å². The first-order valence-electron chi connectivity index (χ1n) is 6.32. The van der Waals surface area contributed by atoms with E-state index in [1.54, 1.807) is 0 Å². The Bertz CT molecular complexity index is 367. The van der Waals surface area contributed by atoms with Crippen LogP contribution in [-0.4, -0.2) is 0 Å². The fourth-order valence-electron chi connectivity index (χ4n) is 3.27. The van der Waals surface area contributed by atoms with Crippen molar-refractivity contribution >= 4 is 0 Å². The average Bonchev–Trinajstić information content (AvgIpc) is 2.68. The normalized spacial score (nSPS) is 27.8. The maximum atomic E-state index is 2.41. The Morgan fingerprint density at radius 3 is 1.94 bits per heavy atom. The lowest BCUT2D eigenvalue weighted by atomic mass is 9.75. The van der Waals surface area contributed by atoms with Crippen molar-refractivity contribution in [3.63, 3.8) is 0 Å². The summed E-state index contributed by atoms with van der Waals surface area (Å²) in [6.07, 6.45) is 2.62. The fraction of sp³-hybridized carbons (Fsp3) is 0.625. The molecule has 0 aromatic heterocycles. The zero-order valence-corrected chi connectivity index (χ0v) is 11.3. The summed E-state index contributed by atoms with van der Waals surface area (Å²) >= 11 is 0. The van der Waals surface area contributed by atoms with Gasteiger partial charge in [0.2, 0.25) is 0 Å².